The van der Waals surface area contributed by atoms with Gasteiger partial charge in [0.25, 0.3) is 0 Å². The van der Waals surface area contributed by atoms with Crippen molar-refractivity contribution in [1.29, 1.82) is 0 Å². The lowest BCUT2D eigenvalue weighted by molar-refractivity contribution is 0.414. The van der Waals surface area contributed by atoms with Gasteiger partial charge in [-0.3, -0.25) is 0 Å². The number of benzene rings is 1. The van der Waals surface area contributed by atoms with Gasteiger partial charge in [0.2, 0.25) is 0 Å². The number of hydrogen-bond donors (Lipinski definition) is 0. The van der Waals surface area contributed by atoms with Crippen molar-refractivity contribution >= 4 is 16.9 Å². The highest BCUT2D eigenvalue weighted by Crippen LogP contribution is 2.24. The summed E-state index contributed by atoms with van der Waals surface area (Å²) in [4.78, 5) is 10.9. The van der Waals surface area contributed by atoms with Gasteiger partial charge in [0.1, 0.15) is 23.5 Å². The average Bonchev–Trinajstić information content (AvgIpc) is 2.89. The molecule has 0 N–H and O–H groups in total. The van der Waals surface area contributed by atoms with E-state index in [1.165, 1.54) is 5.56 Å². The maximum absolute atomic E-state index is 5.27. The highest BCUT2D eigenvalue weighted by Gasteiger charge is 2.11. The van der Waals surface area contributed by atoms with Crippen LogP contribution >= 0.6 is 0 Å². The topological polar surface area (TPSA) is 43.2 Å². The first kappa shape index (κ1) is 13.4. The molecule has 0 radical (unpaired) electrons. The van der Waals surface area contributed by atoms with Crippen molar-refractivity contribution in [2.75, 3.05) is 19.1 Å². The summed E-state index contributed by atoms with van der Waals surface area (Å²) in [6.45, 7) is 0.762. The molecule has 108 valence electrons. The predicted octanol–water partition coefficient (Wildman–Crippen LogP) is 2.61. The van der Waals surface area contributed by atoms with Crippen LogP contribution in [0.15, 0.2) is 42.9 Å². The summed E-state index contributed by atoms with van der Waals surface area (Å²) in [5.74, 6) is 1.80. The summed E-state index contributed by atoms with van der Waals surface area (Å²) in [6.07, 6.45) is 3.61. The smallest absolute Gasteiger partial charge is 0.145 e. The van der Waals surface area contributed by atoms with Crippen LogP contribution in [0, 0.1) is 0 Å². The van der Waals surface area contributed by atoms with Gasteiger partial charge >= 0.3 is 0 Å². The molecule has 2 heterocycles. The summed E-state index contributed by atoms with van der Waals surface area (Å²) in [7, 11) is 5.70. The molecule has 0 aliphatic carbocycles. The minimum atomic E-state index is 0.762. The Kier molecular flexibility index (Phi) is 3.48. The minimum Gasteiger partial charge on any atom is -0.497 e. The Hall–Kier alpha value is -2.56. The van der Waals surface area contributed by atoms with Crippen LogP contribution in [0.3, 0.4) is 0 Å². The monoisotopic (exact) mass is 282 g/mol. The molecule has 5 heteroatoms. The van der Waals surface area contributed by atoms with Gasteiger partial charge in [0.15, 0.2) is 0 Å². The molecule has 2 aromatic heterocycles. The minimum absolute atomic E-state index is 0.762. The molecular weight excluding hydrogens is 264 g/mol. The van der Waals surface area contributed by atoms with E-state index in [1.807, 2.05) is 49.1 Å². The van der Waals surface area contributed by atoms with Gasteiger partial charge in [-0.05, 0) is 23.8 Å². The van der Waals surface area contributed by atoms with Gasteiger partial charge < -0.3 is 14.2 Å². The Morgan fingerprint density at radius 3 is 2.90 bits per heavy atom. The Morgan fingerprint density at radius 1 is 1.24 bits per heavy atom. The van der Waals surface area contributed by atoms with Crippen LogP contribution in [0.4, 0.5) is 5.82 Å². The molecule has 0 bridgehead atoms. The zero-order chi connectivity index (χ0) is 14.8. The Labute approximate surface area is 123 Å². The SMILES string of the molecule is COc1cccc(CN(C)c2ncnc3c2ccn3C)c1. The van der Waals surface area contributed by atoms with Crippen LogP contribution in [0.25, 0.3) is 11.0 Å². The Balaban J connectivity index is 1.91. The lowest BCUT2D eigenvalue weighted by Crippen LogP contribution is -2.18. The first-order valence-electron chi connectivity index (χ1n) is 6.79. The van der Waals surface area contributed by atoms with Gasteiger partial charge in [0, 0.05) is 26.8 Å². The number of anilines is 1. The molecule has 0 saturated carbocycles. The second-order valence-corrected chi connectivity index (χ2v) is 5.07. The van der Waals surface area contributed by atoms with E-state index in [0.29, 0.717) is 0 Å². The molecule has 5 nitrogen and oxygen atoms in total. The second kappa shape index (κ2) is 5.44. The zero-order valence-corrected chi connectivity index (χ0v) is 12.4. The summed E-state index contributed by atoms with van der Waals surface area (Å²) in [5, 5.41) is 1.06. The molecule has 0 unspecified atom stereocenters. The predicted molar refractivity (Wildman–Crippen MR) is 83.6 cm³/mol. The molecule has 0 amide bonds. The molecule has 1 aromatic carbocycles. The lowest BCUT2D eigenvalue weighted by Gasteiger charge is -2.19. The van der Waals surface area contributed by atoms with Crippen molar-refractivity contribution in [3.63, 3.8) is 0 Å². The number of aromatic nitrogens is 3. The highest BCUT2D eigenvalue weighted by molar-refractivity contribution is 5.87. The first-order valence-corrected chi connectivity index (χ1v) is 6.79. The normalized spacial score (nSPS) is 10.8. The van der Waals surface area contributed by atoms with Crippen LogP contribution in [-0.4, -0.2) is 28.7 Å². The summed E-state index contributed by atoms with van der Waals surface area (Å²) >= 11 is 0. The molecule has 0 aliphatic rings. The Bertz CT molecular complexity index is 766. The van der Waals surface area contributed by atoms with Gasteiger partial charge in [-0.15, -0.1) is 0 Å². The molecule has 0 spiro atoms. The molecule has 0 saturated heterocycles. The van der Waals surface area contributed by atoms with Crippen molar-refractivity contribution in [2.24, 2.45) is 7.05 Å². The van der Waals surface area contributed by atoms with E-state index in [-0.39, 0.29) is 0 Å². The van der Waals surface area contributed by atoms with E-state index in [2.05, 4.69) is 20.9 Å². The van der Waals surface area contributed by atoms with Gasteiger partial charge in [-0.25, -0.2) is 9.97 Å². The third-order valence-corrected chi connectivity index (χ3v) is 3.56. The van der Waals surface area contributed by atoms with E-state index in [9.17, 15) is 0 Å². The van der Waals surface area contributed by atoms with Crippen LogP contribution < -0.4 is 9.64 Å². The molecule has 3 aromatic rings. The zero-order valence-electron chi connectivity index (χ0n) is 12.4. The number of hydrogen-bond acceptors (Lipinski definition) is 4. The fourth-order valence-corrected chi connectivity index (χ4v) is 2.49. The summed E-state index contributed by atoms with van der Waals surface area (Å²) < 4.78 is 7.27. The van der Waals surface area contributed by atoms with Gasteiger partial charge in [-0.1, -0.05) is 12.1 Å². The summed E-state index contributed by atoms with van der Waals surface area (Å²) in [6, 6.07) is 10.1. The third kappa shape index (κ3) is 2.54. The van der Waals surface area contributed by atoms with Crippen molar-refractivity contribution < 1.29 is 4.74 Å². The number of methoxy groups -OCH3 is 1. The van der Waals surface area contributed by atoms with E-state index in [1.54, 1.807) is 13.4 Å². The van der Waals surface area contributed by atoms with Gasteiger partial charge in [0.05, 0.1) is 12.5 Å². The first-order chi connectivity index (χ1) is 10.2. The fraction of sp³-hybridized carbons (Fsp3) is 0.250. The molecule has 0 fully saturated rings. The van der Waals surface area contributed by atoms with Gasteiger partial charge in [-0.2, -0.15) is 0 Å². The number of fused-ring (bicyclic) bond motifs is 1. The largest absolute Gasteiger partial charge is 0.497 e. The average molecular weight is 282 g/mol. The molecule has 0 aliphatic heterocycles. The van der Waals surface area contributed by atoms with Crippen molar-refractivity contribution in [3.8, 4) is 5.75 Å². The molecular formula is C16H18N4O. The van der Waals surface area contributed by atoms with Crippen molar-refractivity contribution in [3.05, 3.63) is 48.4 Å². The van der Waals surface area contributed by atoms with E-state index >= 15 is 0 Å². The molecule has 3 rings (SSSR count). The van der Waals surface area contributed by atoms with Crippen molar-refractivity contribution in [1.82, 2.24) is 14.5 Å². The van der Waals surface area contributed by atoms with Crippen LogP contribution in [0.2, 0.25) is 0 Å². The van der Waals surface area contributed by atoms with Crippen LogP contribution in [0.1, 0.15) is 5.56 Å². The van der Waals surface area contributed by atoms with E-state index in [4.69, 9.17) is 4.74 Å². The number of ether oxygens (including phenoxy) is 1. The van der Waals surface area contributed by atoms with E-state index < -0.39 is 0 Å². The molecule has 0 atom stereocenters. The fourth-order valence-electron chi connectivity index (χ4n) is 2.49. The molecule has 21 heavy (non-hydrogen) atoms. The second-order valence-electron chi connectivity index (χ2n) is 5.07. The number of aryl methyl sites for hydroxylation is 1. The maximum Gasteiger partial charge on any atom is 0.145 e. The highest BCUT2D eigenvalue weighted by atomic mass is 16.5. The number of nitrogens with zero attached hydrogens (tertiary/aromatic N) is 4. The lowest BCUT2D eigenvalue weighted by atomic mass is 10.2. The van der Waals surface area contributed by atoms with E-state index in [0.717, 1.165) is 29.1 Å². The quantitative estimate of drug-likeness (QED) is 0.738. The number of rotatable bonds is 4. The van der Waals surface area contributed by atoms with Crippen molar-refractivity contribution in [2.45, 2.75) is 6.54 Å². The van der Waals surface area contributed by atoms with Crippen LogP contribution in [0.5, 0.6) is 5.75 Å². The third-order valence-electron chi connectivity index (χ3n) is 3.56. The standard InChI is InChI=1S/C16H18N4O/c1-19-8-7-14-15(19)17-11-18-16(14)20(2)10-12-5-4-6-13(9-12)21-3/h4-9,11H,10H2,1-3H3. The Morgan fingerprint density at radius 2 is 2.10 bits per heavy atom. The maximum atomic E-state index is 5.27. The van der Waals surface area contributed by atoms with Crippen LogP contribution in [-0.2, 0) is 13.6 Å². The summed E-state index contributed by atoms with van der Waals surface area (Å²) in [5.41, 5.74) is 2.12.